The molecule has 0 radical (unpaired) electrons. The molecule has 0 atom stereocenters. The smallest absolute Gasteiger partial charge is 0.217 e. The van der Waals surface area contributed by atoms with Gasteiger partial charge in [-0.2, -0.15) is 4.31 Å². The van der Waals surface area contributed by atoms with Crippen LogP contribution in [0.5, 0.6) is 0 Å². The zero-order valence-electron chi connectivity index (χ0n) is 10.6. The summed E-state index contributed by atoms with van der Waals surface area (Å²) in [5.74, 6) is -0.322. The van der Waals surface area contributed by atoms with Gasteiger partial charge >= 0.3 is 0 Å². The van der Waals surface area contributed by atoms with Crippen molar-refractivity contribution >= 4 is 15.7 Å². The Bertz CT molecular complexity index is 552. The molecule has 0 spiro atoms. The van der Waals surface area contributed by atoms with E-state index in [-0.39, 0.29) is 11.6 Å². The van der Waals surface area contributed by atoms with E-state index < -0.39 is 10.0 Å². The van der Waals surface area contributed by atoms with Crippen LogP contribution in [0.2, 0.25) is 0 Å². The number of piperazine rings is 1. The van der Waals surface area contributed by atoms with Crippen molar-refractivity contribution in [1.82, 2.24) is 4.31 Å². The summed E-state index contributed by atoms with van der Waals surface area (Å²) >= 11 is 0. The number of hydrogen-bond acceptors (Lipinski definition) is 3. The number of para-hydroxylation sites is 1. The van der Waals surface area contributed by atoms with Crippen LogP contribution in [0.4, 0.5) is 10.1 Å². The molecular weight excluding hydrogens is 267 g/mol. The van der Waals surface area contributed by atoms with E-state index in [9.17, 15) is 12.8 Å². The minimum Gasteiger partial charge on any atom is -0.367 e. The first kappa shape index (κ1) is 14.0. The van der Waals surface area contributed by atoms with E-state index in [4.69, 9.17) is 0 Å². The third-order valence-corrected chi connectivity index (χ3v) is 4.96. The molecule has 1 aromatic rings. The average Bonchev–Trinajstić information content (AvgIpc) is 2.39. The van der Waals surface area contributed by atoms with E-state index in [1.807, 2.05) is 4.90 Å². The molecule has 1 aliphatic rings. The van der Waals surface area contributed by atoms with E-state index in [1.165, 1.54) is 16.4 Å². The molecule has 4 nitrogen and oxygen atoms in total. The van der Waals surface area contributed by atoms with Crippen LogP contribution in [-0.4, -0.2) is 44.7 Å². The predicted octanol–water partition coefficient (Wildman–Crippen LogP) is 1.46. The zero-order valence-corrected chi connectivity index (χ0v) is 11.4. The number of hydrogen-bond donors (Lipinski definition) is 0. The molecular formula is C13H17FN2O2S. The summed E-state index contributed by atoms with van der Waals surface area (Å²) in [4.78, 5) is 1.87. The van der Waals surface area contributed by atoms with E-state index in [1.54, 1.807) is 18.2 Å². The summed E-state index contributed by atoms with van der Waals surface area (Å²) in [7, 11) is -3.25. The summed E-state index contributed by atoms with van der Waals surface area (Å²) in [6, 6.07) is 6.54. The zero-order chi connectivity index (χ0) is 13.9. The number of nitrogens with zero attached hydrogens (tertiary/aromatic N) is 2. The van der Waals surface area contributed by atoms with Gasteiger partial charge < -0.3 is 4.90 Å². The van der Waals surface area contributed by atoms with Gasteiger partial charge in [-0.05, 0) is 12.1 Å². The van der Waals surface area contributed by atoms with Crippen molar-refractivity contribution in [3.8, 4) is 0 Å². The van der Waals surface area contributed by atoms with Crippen molar-refractivity contribution in [2.24, 2.45) is 0 Å². The SMILES string of the molecule is C=CCS(=O)(=O)N1CCN(c2ccccc2F)CC1. The van der Waals surface area contributed by atoms with Crippen molar-refractivity contribution in [3.63, 3.8) is 0 Å². The third-order valence-electron chi connectivity index (χ3n) is 3.15. The van der Waals surface area contributed by atoms with Crippen LogP contribution < -0.4 is 4.90 Å². The molecule has 1 heterocycles. The molecule has 0 amide bonds. The highest BCUT2D eigenvalue weighted by Gasteiger charge is 2.26. The monoisotopic (exact) mass is 284 g/mol. The molecule has 0 N–H and O–H groups in total. The summed E-state index contributed by atoms with van der Waals surface area (Å²) in [5.41, 5.74) is 0.531. The lowest BCUT2D eigenvalue weighted by Gasteiger charge is -2.35. The quantitative estimate of drug-likeness (QED) is 0.786. The predicted molar refractivity (Wildman–Crippen MR) is 74.2 cm³/mol. The Labute approximate surface area is 113 Å². The molecule has 1 fully saturated rings. The second-order valence-electron chi connectivity index (χ2n) is 4.40. The van der Waals surface area contributed by atoms with Gasteiger partial charge in [-0.15, -0.1) is 6.58 Å². The fourth-order valence-electron chi connectivity index (χ4n) is 2.17. The van der Waals surface area contributed by atoms with Crippen LogP contribution in [0.3, 0.4) is 0 Å². The molecule has 0 bridgehead atoms. The van der Waals surface area contributed by atoms with Crippen molar-refractivity contribution in [3.05, 3.63) is 42.7 Å². The van der Waals surface area contributed by atoms with Crippen molar-refractivity contribution < 1.29 is 12.8 Å². The van der Waals surface area contributed by atoms with E-state index in [2.05, 4.69) is 6.58 Å². The lowest BCUT2D eigenvalue weighted by molar-refractivity contribution is 0.384. The Hall–Kier alpha value is -1.40. The van der Waals surface area contributed by atoms with Crippen molar-refractivity contribution in [2.75, 3.05) is 36.8 Å². The van der Waals surface area contributed by atoms with Gasteiger partial charge in [0.15, 0.2) is 0 Å². The van der Waals surface area contributed by atoms with Crippen LogP contribution in [0, 0.1) is 5.82 Å². The lowest BCUT2D eigenvalue weighted by atomic mass is 10.2. The summed E-state index contributed by atoms with van der Waals surface area (Å²) in [6.07, 6.45) is 1.39. The maximum atomic E-state index is 13.6. The van der Waals surface area contributed by atoms with Gasteiger partial charge in [-0.3, -0.25) is 0 Å². The highest BCUT2D eigenvalue weighted by molar-refractivity contribution is 7.89. The van der Waals surface area contributed by atoms with Gasteiger partial charge in [0, 0.05) is 26.2 Å². The fourth-order valence-corrected chi connectivity index (χ4v) is 3.40. The van der Waals surface area contributed by atoms with E-state index in [0.29, 0.717) is 31.9 Å². The molecule has 0 saturated carbocycles. The summed E-state index contributed by atoms with van der Waals surface area (Å²) in [6.45, 7) is 5.20. The van der Waals surface area contributed by atoms with E-state index in [0.717, 1.165) is 0 Å². The van der Waals surface area contributed by atoms with Crippen LogP contribution >= 0.6 is 0 Å². The van der Waals surface area contributed by atoms with Crippen molar-refractivity contribution in [1.29, 1.82) is 0 Å². The first-order valence-electron chi connectivity index (χ1n) is 6.13. The fraction of sp³-hybridized carbons (Fsp3) is 0.385. The second-order valence-corrected chi connectivity index (χ2v) is 6.42. The minimum absolute atomic E-state index is 0.0489. The summed E-state index contributed by atoms with van der Waals surface area (Å²) in [5, 5.41) is 0. The Morgan fingerprint density at radius 2 is 1.84 bits per heavy atom. The second kappa shape index (κ2) is 5.71. The molecule has 0 unspecified atom stereocenters. The maximum Gasteiger partial charge on any atom is 0.217 e. The van der Waals surface area contributed by atoms with Crippen LogP contribution in [0.25, 0.3) is 0 Å². The Morgan fingerprint density at radius 3 is 2.42 bits per heavy atom. The van der Waals surface area contributed by atoms with Gasteiger partial charge in [-0.25, -0.2) is 12.8 Å². The van der Waals surface area contributed by atoms with Crippen LogP contribution in [-0.2, 0) is 10.0 Å². The first-order valence-corrected chi connectivity index (χ1v) is 7.74. The largest absolute Gasteiger partial charge is 0.367 e. The van der Waals surface area contributed by atoms with Crippen LogP contribution in [0.1, 0.15) is 0 Å². The highest BCUT2D eigenvalue weighted by atomic mass is 32.2. The third kappa shape index (κ3) is 3.13. The molecule has 0 aromatic heterocycles. The molecule has 19 heavy (non-hydrogen) atoms. The standard InChI is InChI=1S/C13H17FN2O2S/c1-2-11-19(17,18)16-9-7-15(8-10-16)13-6-4-3-5-12(13)14/h2-6H,1,7-11H2. The van der Waals surface area contributed by atoms with Gasteiger partial charge in [0.05, 0.1) is 11.4 Å². The molecule has 1 aliphatic heterocycles. The van der Waals surface area contributed by atoms with Gasteiger partial charge in [0.1, 0.15) is 5.82 Å². The molecule has 0 aliphatic carbocycles. The van der Waals surface area contributed by atoms with Gasteiger partial charge in [0.25, 0.3) is 0 Å². The number of sulfonamides is 1. The molecule has 1 aromatic carbocycles. The highest BCUT2D eigenvalue weighted by Crippen LogP contribution is 2.20. The number of halogens is 1. The Kier molecular flexibility index (Phi) is 4.21. The molecule has 1 saturated heterocycles. The number of rotatable bonds is 4. The van der Waals surface area contributed by atoms with Gasteiger partial charge in [0.2, 0.25) is 10.0 Å². The normalized spacial score (nSPS) is 17.4. The maximum absolute atomic E-state index is 13.6. The van der Waals surface area contributed by atoms with Crippen LogP contribution in [0.15, 0.2) is 36.9 Å². The minimum atomic E-state index is -3.25. The lowest BCUT2D eigenvalue weighted by Crippen LogP contribution is -2.49. The molecule has 104 valence electrons. The van der Waals surface area contributed by atoms with Crippen molar-refractivity contribution in [2.45, 2.75) is 0 Å². The number of benzene rings is 1. The Morgan fingerprint density at radius 1 is 1.21 bits per heavy atom. The average molecular weight is 284 g/mol. The van der Waals surface area contributed by atoms with Gasteiger partial charge in [-0.1, -0.05) is 18.2 Å². The Balaban J connectivity index is 2.04. The summed E-state index contributed by atoms with van der Waals surface area (Å²) < 4.78 is 38.8. The first-order chi connectivity index (χ1) is 9.04. The topological polar surface area (TPSA) is 40.6 Å². The molecule has 6 heteroatoms. The molecule has 2 rings (SSSR count). The number of anilines is 1. The van der Waals surface area contributed by atoms with E-state index >= 15 is 0 Å².